The van der Waals surface area contributed by atoms with Crippen LogP contribution in [0, 0.1) is 32.1 Å². The maximum Gasteiger partial charge on any atom is 0.150 e. The van der Waals surface area contributed by atoms with Crippen LogP contribution in [0.2, 0.25) is 39.3 Å². The van der Waals surface area contributed by atoms with Crippen LogP contribution in [0.25, 0.3) is 0 Å². The van der Waals surface area contributed by atoms with Gasteiger partial charge in [-0.15, -0.1) is 0 Å². The molecule has 5 heteroatoms. The van der Waals surface area contributed by atoms with Crippen molar-refractivity contribution in [3.05, 3.63) is 53.6 Å². The second-order valence-electron chi connectivity index (χ2n) is 7.38. The summed E-state index contributed by atoms with van der Waals surface area (Å²) < 4.78 is 0. The van der Waals surface area contributed by atoms with Crippen LogP contribution in [0.4, 0.5) is 0 Å². The first kappa shape index (κ1) is 22.1. The van der Waals surface area contributed by atoms with E-state index in [2.05, 4.69) is 39.3 Å². The van der Waals surface area contributed by atoms with Gasteiger partial charge in [-0.3, -0.25) is 4.79 Å². The third kappa shape index (κ3) is 5.30. The van der Waals surface area contributed by atoms with E-state index in [1.165, 1.54) is 10.4 Å². The summed E-state index contributed by atoms with van der Waals surface area (Å²) in [5, 5.41) is 12.1. The molecular weight excluding hydrogens is 351 g/mol. The van der Waals surface area contributed by atoms with E-state index in [9.17, 15) is 9.90 Å². The van der Waals surface area contributed by atoms with Crippen LogP contribution in [0.5, 0.6) is 0 Å². The number of aliphatic hydroxyl groups excluding tert-OH is 1. The summed E-state index contributed by atoms with van der Waals surface area (Å²) in [6.45, 7) is 13.6. The standard InChI is InChI=1S/C12H22O2Si2.C5H5.Co/c1-15(2,3)11-9(7-13)10(8-14)12(11)16(4,5)6;1-2-4-5-3-1;/h7,14H,8H2,1-6H3;1-5H;. The van der Waals surface area contributed by atoms with Crippen molar-refractivity contribution in [1.29, 1.82) is 0 Å². The molecule has 22 heavy (non-hydrogen) atoms. The topological polar surface area (TPSA) is 37.3 Å². The predicted octanol–water partition coefficient (Wildman–Crippen LogP) is 3.56. The van der Waals surface area contributed by atoms with Crippen LogP contribution in [0.3, 0.4) is 0 Å². The third-order valence-corrected chi connectivity index (χ3v) is 7.80. The molecule has 1 saturated carbocycles. The number of aldehydes is 1. The Morgan fingerprint density at radius 3 is 1.45 bits per heavy atom. The van der Waals surface area contributed by atoms with Gasteiger partial charge in [0.1, 0.15) is 6.29 Å². The number of hydrogen-bond acceptors (Lipinski definition) is 2. The minimum atomic E-state index is -1.47. The quantitative estimate of drug-likeness (QED) is 0.600. The van der Waals surface area contributed by atoms with Crippen molar-refractivity contribution < 1.29 is 26.7 Å². The predicted molar refractivity (Wildman–Crippen MR) is 95.4 cm³/mol. The fourth-order valence-electron chi connectivity index (χ4n) is 2.73. The number of allylic oxidation sites excluding steroid dienone is 2. The van der Waals surface area contributed by atoms with Crippen molar-refractivity contribution in [2.24, 2.45) is 0 Å². The number of aliphatic hydroxyl groups is 1. The third-order valence-electron chi connectivity index (χ3n) is 3.48. The zero-order valence-corrected chi connectivity index (χ0v) is 17.4. The van der Waals surface area contributed by atoms with E-state index >= 15 is 0 Å². The molecule has 0 heterocycles. The van der Waals surface area contributed by atoms with E-state index in [4.69, 9.17) is 0 Å². The van der Waals surface area contributed by atoms with Crippen LogP contribution in [-0.2, 0) is 21.6 Å². The van der Waals surface area contributed by atoms with Gasteiger partial charge in [0.05, 0.1) is 22.8 Å². The van der Waals surface area contributed by atoms with Gasteiger partial charge in [-0.05, 0) is 42.9 Å². The number of rotatable bonds is 4. The Kier molecular flexibility index (Phi) is 8.80. The molecule has 0 aliphatic heterocycles. The van der Waals surface area contributed by atoms with Gasteiger partial charge in [0.2, 0.25) is 0 Å². The van der Waals surface area contributed by atoms with Gasteiger partial charge in [-0.25, -0.2) is 0 Å². The summed E-state index contributed by atoms with van der Waals surface area (Å²) in [6.07, 6.45) is 10.9. The molecule has 1 fully saturated rings. The zero-order chi connectivity index (χ0) is 16.3. The van der Waals surface area contributed by atoms with Crippen LogP contribution in [0.1, 0.15) is 0 Å². The van der Waals surface area contributed by atoms with Crippen LogP contribution >= 0.6 is 0 Å². The molecule has 2 aliphatic carbocycles. The van der Waals surface area contributed by atoms with Gasteiger partial charge in [-0.2, -0.15) is 0 Å². The van der Waals surface area contributed by atoms with Gasteiger partial charge < -0.3 is 5.11 Å². The minimum Gasteiger partial charge on any atom is -0.392 e. The normalized spacial score (nSPS) is 18.3. The van der Waals surface area contributed by atoms with E-state index in [1.54, 1.807) is 0 Å². The minimum absolute atomic E-state index is 0. The molecule has 124 valence electrons. The fourth-order valence-corrected chi connectivity index (χ4v) is 8.90. The first-order chi connectivity index (χ1) is 9.64. The van der Waals surface area contributed by atoms with E-state index in [0.717, 1.165) is 17.4 Å². The SMILES string of the molecule is C[Si](C)(C)C1=C([Si](C)(C)C)C(CO)=C1C=O.[CH]1[CH][CH][CH][CH]1.[Co]. The molecule has 6 radical (unpaired) electrons. The van der Waals surface area contributed by atoms with Crippen molar-refractivity contribution >= 4 is 22.4 Å². The Morgan fingerprint density at radius 1 is 0.864 bits per heavy atom. The second-order valence-corrected chi connectivity index (χ2v) is 17.4. The molecule has 2 nitrogen and oxygen atoms in total. The first-order valence-corrected chi connectivity index (χ1v) is 14.4. The number of carbonyl (C=O) groups is 1. The Bertz CT molecular complexity index is 443. The molecule has 0 unspecified atom stereocenters. The molecule has 0 spiro atoms. The summed E-state index contributed by atoms with van der Waals surface area (Å²) >= 11 is 0. The van der Waals surface area contributed by atoms with Gasteiger partial charge in [0, 0.05) is 22.4 Å². The molecule has 0 aromatic carbocycles. The van der Waals surface area contributed by atoms with Crippen molar-refractivity contribution in [3.63, 3.8) is 0 Å². The van der Waals surface area contributed by atoms with Crippen LogP contribution < -0.4 is 0 Å². The van der Waals surface area contributed by atoms with E-state index in [-0.39, 0.29) is 23.4 Å². The smallest absolute Gasteiger partial charge is 0.150 e. The molecule has 0 saturated heterocycles. The van der Waals surface area contributed by atoms with Gasteiger partial charge in [0.25, 0.3) is 0 Å². The first-order valence-electron chi connectivity index (χ1n) is 7.36. The molecule has 2 rings (SSSR count). The molecular formula is C17H27CoO2Si2. The van der Waals surface area contributed by atoms with Crippen molar-refractivity contribution in [1.82, 2.24) is 0 Å². The molecule has 0 bridgehead atoms. The van der Waals surface area contributed by atoms with E-state index < -0.39 is 16.1 Å². The Labute approximate surface area is 148 Å². The summed E-state index contributed by atoms with van der Waals surface area (Å²) in [4.78, 5) is 11.1. The van der Waals surface area contributed by atoms with Gasteiger partial charge in [-0.1, -0.05) is 44.5 Å². The summed E-state index contributed by atoms with van der Waals surface area (Å²) in [5.74, 6) is 0. The largest absolute Gasteiger partial charge is 0.392 e. The maximum atomic E-state index is 11.1. The van der Waals surface area contributed by atoms with E-state index in [0.29, 0.717) is 0 Å². The number of hydrogen-bond donors (Lipinski definition) is 1. The summed E-state index contributed by atoms with van der Waals surface area (Å²) in [7, 11) is -2.93. The number of carbonyl (C=O) groups excluding carboxylic acids is 1. The average Bonchev–Trinajstić information content (AvgIpc) is 2.83. The molecule has 0 amide bonds. The zero-order valence-electron chi connectivity index (χ0n) is 14.4. The maximum absolute atomic E-state index is 11.1. The Morgan fingerprint density at radius 2 is 1.23 bits per heavy atom. The molecule has 2 aliphatic rings. The van der Waals surface area contributed by atoms with Crippen LogP contribution in [0.15, 0.2) is 21.5 Å². The summed E-state index contributed by atoms with van der Waals surface area (Å²) in [6, 6.07) is 0. The molecule has 1 N–H and O–H groups in total. The fraction of sp³-hybridized carbons (Fsp3) is 0.412. The van der Waals surface area contributed by atoms with Gasteiger partial charge in [0.15, 0.2) is 0 Å². The van der Waals surface area contributed by atoms with Gasteiger partial charge >= 0.3 is 0 Å². The Hall–Kier alpha value is 0.0503. The van der Waals surface area contributed by atoms with Crippen molar-refractivity contribution in [3.8, 4) is 0 Å². The molecule has 0 atom stereocenters. The van der Waals surface area contributed by atoms with Crippen LogP contribution in [-0.4, -0.2) is 34.1 Å². The van der Waals surface area contributed by atoms with Crippen molar-refractivity contribution in [2.75, 3.05) is 6.61 Å². The van der Waals surface area contributed by atoms with Crippen molar-refractivity contribution in [2.45, 2.75) is 39.3 Å². The summed E-state index contributed by atoms with van der Waals surface area (Å²) in [5.41, 5.74) is 1.73. The van der Waals surface area contributed by atoms with E-state index in [1.807, 2.05) is 32.1 Å². The molecule has 0 aromatic heterocycles. The average molecular weight is 379 g/mol. The monoisotopic (exact) mass is 378 g/mol. The Balaban J connectivity index is 0.000000622. The second kappa shape index (κ2) is 8.78. The molecule has 0 aromatic rings.